The number of rotatable bonds is 8. The van der Waals surface area contributed by atoms with Crippen molar-refractivity contribution in [3.05, 3.63) is 89.7 Å². The lowest BCUT2D eigenvalue weighted by atomic mass is 9.80. The molecule has 1 aliphatic carbocycles. The van der Waals surface area contributed by atoms with E-state index in [1.807, 2.05) is 19.1 Å². The molecule has 1 saturated carbocycles. The lowest BCUT2D eigenvalue weighted by Crippen LogP contribution is -2.43. The molecule has 1 amide bonds. The minimum absolute atomic E-state index is 0.0492. The van der Waals surface area contributed by atoms with Crippen molar-refractivity contribution in [3.63, 3.8) is 0 Å². The number of sulfonamides is 1. The maximum Gasteiger partial charge on any atom is 0.240 e. The van der Waals surface area contributed by atoms with Crippen LogP contribution in [0.25, 0.3) is 11.1 Å². The number of halogens is 1. The van der Waals surface area contributed by atoms with Crippen LogP contribution in [0.5, 0.6) is 0 Å². The van der Waals surface area contributed by atoms with Gasteiger partial charge in [-0.3, -0.25) is 4.79 Å². The average molecular weight is 551 g/mol. The number of hydrogen-bond donors (Lipinski definition) is 2. The molecule has 206 valence electrons. The first-order valence-corrected chi connectivity index (χ1v) is 15.0. The van der Waals surface area contributed by atoms with Gasteiger partial charge in [0.25, 0.3) is 0 Å². The van der Waals surface area contributed by atoms with Gasteiger partial charge in [-0.05, 0) is 79.1 Å². The van der Waals surface area contributed by atoms with Crippen LogP contribution in [0, 0.1) is 11.7 Å². The summed E-state index contributed by atoms with van der Waals surface area (Å²) in [6.45, 7) is 5.53. The fourth-order valence-corrected chi connectivity index (χ4v) is 6.70. The van der Waals surface area contributed by atoms with E-state index in [2.05, 4.69) is 41.2 Å². The molecular formula is C31H35FN2O4S. The zero-order chi connectivity index (χ0) is 27.6. The molecule has 0 spiro atoms. The van der Waals surface area contributed by atoms with Crippen molar-refractivity contribution in [2.75, 3.05) is 13.2 Å². The summed E-state index contributed by atoms with van der Waals surface area (Å²) in [5.41, 5.74) is 4.15. The molecule has 0 bridgehead atoms. The molecule has 39 heavy (non-hydrogen) atoms. The van der Waals surface area contributed by atoms with Gasteiger partial charge in [-0.15, -0.1) is 0 Å². The summed E-state index contributed by atoms with van der Waals surface area (Å²) >= 11 is 0. The van der Waals surface area contributed by atoms with Gasteiger partial charge in [0.1, 0.15) is 5.82 Å². The Kier molecular flexibility index (Phi) is 7.89. The Hall–Kier alpha value is -3.07. The van der Waals surface area contributed by atoms with Crippen LogP contribution < -0.4 is 10.0 Å². The Morgan fingerprint density at radius 2 is 1.46 bits per heavy atom. The minimum Gasteiger partial charge on any atom is -0.379 e. The van der Waals surface area contributed by atoms with E-state index in [4.69, 9.17) is 4.74 Å². The zero-order valence-electron chi connectivity index (χ0n) is 22.3. The highest BCUT2D eigenvalue weighted by atomic mass is 32.2. The van der Waals surface area contributed by atoms with Crippen molar-refractivity contribution in [2.45, 2.75) is 61.9 Å². The molecule has 0 unspecified atom stereocenters. The highest BCUT2D eigenvalue weighted by Gasteiger charge is 2.35. The van der Waals surface area contributed by atoms with Gasteiger partial charge in [-0.25, -0.2) is 17.5 Å². The Labute approximate surface area is 230 Å². The zero-order valence-corrected chi connectivity index (χ0v) is 23.1. The van der Waals surface area contributed by atoms with Gasteiger partial charge in [0.05, 0.1) is 24.2 Å². The van der Waals surface area contributed by atoms with Gasteiger partial charge in [0.15, 0.2) is 0 Å². The molecule has 1 atom stereocenters. The summed E-state index contributed by atoms with van der Waals surface area (Å²) in [5.74, 6) is -0.529. The van der Waals surface area contributed by atoms with Crippen LogP contribution >= 0.6 is 0 Å². The first-order valence-electron chi connectivity index (χ1n) is 13.5. The maximum absolute atomic E-state index is 13.2. The Morgan fingerprint density at radius 1 is 0.897 bits per heavy atom. The molecule has 0 radical (unpaired) electrons. The predicted molar refractivity (Wildman–Crippen MR) is 149 cm³/mol. The second kappa shape index (κ2) is 11.2. The molecule has 1 saturated heterocycles. The van der Waals surface area contributed by atoms with Crippen molar-refractivity contribution in [2.24, 2.45) is 5.92 Å². The van der Waals surface area contributed by atoms with Crippen LogP contribution in [-0.4, -0.2) is 33.6 Å². The highest BCUT2D eigenvalue weighted by molar-refractivity contribution is 7.89. The number of carbonyl (C=O) groups is 1. The predicted octanol–water partition coefficient (Wildman–Crippen LogP) is 5.50. The lowest BCUT2D eigenvalue weighted by molar-refractivity contribution is -0.126. The SMILES string of the molecule is C[C@@H](NC(=O)[C@H]1CC[C@H](NS(=O)(=O)c2ccc(-c3ccc(C4(C)COC4)cc3)cc2)CC1)c1ccc(F)cc1. The van der Waals surface area contributed by atoms with Gasteiger partial charge >= 0.3 is 0 Å². The molecule has 3 aromatic rings. The van der Waals surface area contributed by atoms with E-state index in [9.17, 15) is 17.6 Å². The molecule has 5 rings (SSSR count). The summed E-state index contributed by atoms with van der Waals surface area (Å²) in [4.78, 5) is 13.0. The molecular weight excluding hydrogens is 515 g/mol. The van der Waals surface area contributed by atoms with Crippen molar-refractivity contribution < 1.29 is 22.3 Å². The largest absolute Gasteiger partial charge is 0.379 e. The normalized spacial score (nSPS) is 21.5. The van der Waals surface area contributed by atoms with Crippen LogP contribution in [0.1, 0.15) is 56.7 Å². The van der Waals surface area contributed by atoms with E-state index in [-0.39, 0.29) is 40.0 Å². The average Bonchev–Trinajstić information content (AvgIpc) is 2.92. The van der Waals surface area contributed by atoms with Crippen molar-refractivity contribution in [3.8, 4) is 11.1 Å². The third kappa shape index (κ3) is 6.24. The first kappa shape index (κ1) is 27.5. The minimum atomic E-state index is -3.67. The monoisotopic (exact) mass is 550 g/mol. The lowest BCUT2D eigenvalue weighted by Gasteiger charge is -2.38. The van der Waals surface area contributed by atoms with Crippen LogP contribution in [0.2, 0.25) is 0 Å². The summed E-state index contributed by atoms with van der Waals surface area (Å²) in [6.07, 6.45) is 2.40. The number of hydrogen-bond acceptors (Lipinski definition) is 4. The Morgan fingerprint density at radius 3 is 2.00 bits per heavy atom. The third-order valence-corrected chi connectivity index (χ3v) is 9.61. The summed E-state index contributed by atoms with van der Waals surface area (Å²) in [6, 6.07) is 21.0. The van der Waals surface area contributed by atoms with Gasteiger partial charge in [-0.1, -0.05) is 55.5 Å². The molecule has 1 heterocycles. The third-order valence-electron chi connectivity index (χ3n) is 8.07. The van der Waals surface area contributed by atoms with E-state index in [0.29, 0.717) is 25.7 Å². The number of benzene rings is 3. The number of carbonyl (C=O) groups excluding carboxylic acids is 1. The molecule has 2 N–H and O–H groups in total. The Balaban J connectivity index is 1.13. The van der Waals surface area contributed by atoms with Gasteiger partial charge in [0, 0.05) is 17.4 Å². The molecule has 3 aromatic carbocycles. The van der Waals surface area contributed by atoms with Crippen molar-refractivity contribution >= 4 is 15.9 Å². The first-order chi connectivity index (χ1) is 18.6. The van der Waals surface area contributed by atoms with Crippen molar-refractivity contribution in [1.82, 2.24) is 10.0 Å². The second-order valence-electron chi connectivity index (χ2n) is 11.1. The van der Waals surface area contributed by atoms with E-state index >= 15 is 0 Å². The van der Waals surface area contributed by atoms with E-state index < -0.39 is 10.0 Å². The topological polar surface area (TPSA) is 84.5 Å². The quantitative estimate of drug-likeness (QED) is 0.388. The second-order valence-corrected chi connectivity index (χ2v) is 12.8. The highest BCUT2D eigenvalue weighted by Crippen LogP contribution is 2.33. The molecule has 6 nitrogen and oxygen atoms in total. The van der Waals surface area contributed by atoms with Crippen LogP contribution in [0.3, 0.4) is 0 Å². The van der Waals surface area contributed by atoms with Gasteiger partial charge < -0.3 is 10.1 Å². The van der Waals surface area contributed by atoms with E-state index in [1.165, 1.54) is 17.7 Å². The van der Waals surface area contributed by atoms with Crippen LogP contribution in [0.15, 0.2) is 77.7 Å². The van der Waals surface area contributed by atoms with Crippen LogP contribution in [-0.2, 0) is 25.0 Å². The fraction of sp³-hybridized carbons (Fsp3) is 0.387. The number of amides is 1. The van der Waals surface area contributed by atoms with E-state index in [0.717, 1.165) is 29.9 Å². The van der Waals surface area contributed by atoms with Crippen molar-refractivity contribution in [1.29, 1.82) is 0 Å². The molecule has 8 heteroatoms. The number of nitrogens with one attached hydrogen (secondary N) is 2. The smallest absolute Gasteiger partial charge is 0.240 e. The maximum atomic E-state index is 13.2. The van der Waals surface area contributed by atoms with Crippen LogP contribution in [0.4, 0.5) is 4.39 Å². The standard InChI is InChI=1S/C31H35FN2O4S/c1-21(22-5-13-27(32)14-6-22)33-30(35)25-7-15-28(16-8-25)34-39(36,37)29-17-9-24(10-18-29)23-3-11-26(12-4-23)31(2)19-38-20-31/h3-6,9-14,17-18,21,25,28,34H,7-8,15-16,19-20H2,1-2H3,(H,33,35)/t21-,25-,28-/m1/s1. The Bertz CT molecular complexity index is 1390. The molecule has 1 aliphatic heterocycles. The molecule has 0 aromatic heterocycles. The van der Waals surface area contributed by atoms with Gasteiger partial charge in [0.2, 0.25) is 15.9 Å². The number of ether oxygens (including phenoxy) is 1. The summed E-state index contributed by atoms with van der Waals surface area (Å²) < 4.78 is 47.5. The van der Waals surface area contributed by atoms with E-state index in [1.54, 1.807) is 24.3 Å². The molecule has 2 aliphatic rings. The molecule has 2 fully saturated rings. The van der Waals surface area contributed by atoms with Gasteiger partial charge in [-0.2, -0.15) is 0 Å². The summed E-state index contributed by atoms with van der Waals surface area (Å²) in [5, 5.41) is 3.00. The fourth-order valence-electron chi connectivity index (χ4n) is 5.39. The summed E-state index contributed by atoms with van der Waals surface area (Å²) in [7, 11) is -3.67.